The van der Waals surface area contributed by atoms with Gasteiger partial charge < -0.3 is 9.80 Å². The standard InChI is InChI=1S/C32H34F6N2O2/c1-5-20-11-13-22(14-12-20)28(41)40-18-26(21-9-7-6-8-10-21)27(19-40)39(4)29(42)30(2,3)23-15-24(31(33,34)35)17-25(16-23)32(36,37)38/h1,6-10,15-17,20,22,26-27H,11-14,18-19H2,2-4H3. The normalized spacial score (nSPS) is 23.4. The van der Waals surface area contributed by atoms with Gasteiger partial charge in [0.05, 0.1) is 22.6 Å². The van der Waals surface area contributed by atoms with Gasteiger partial charge in [-0.25, -0.2) is 0 Å². The van der Waals surface area contributed by atoms with Crippen molar-refractivity contribution in [3.05, 3.63) is 70.8 Å². The third-order valence-corrected chi connectivity index (χ3v) is 8.80. The molecule has 1 aliphatic heterocycles. The minimum atomic E-state index is -5.04. The average molecular weight is 593 g/mol. The van der Waals surface area contributed by atoms with Crippen LogP contribution in [-0.2, 0) is 27.4 Å². The van der Waals surface area contributed by atoms with Gasteiger partial charge in [0, 0.05) is 37.9 Å². The summed E-state index contributed by atoms with van der Waals surface area (Å²) in [7, 11) is 1.50. The number of hydrogen-bond acceptors (Lipinski definition) is 2. The van der Waals surface area contributed by atoms with E-state index in [1.54, 1.807) is 4.90 Å². The van der Waals surface area contributed by atoms with E-state index >= 15 is 0 Å². The third kappa shape index (κ3) is 6.45. The SMILES string of the molecule is C#CC1CCC(C(=O)N2CC(c3ccccc3)C(N(C)C(=O)C(C)(C)c3cc(C(F)(F)F)cc(C(F)(F)F)c3)C2)CC1. The van der Waals surface area contributed by atoms with E-state index < -0.39 is 46.4 Å². The summed E-state index contributed by atoms with van der Waals surface area (Å²) in [6, 6.07) is 10.00. The Labute approximate surface area is 242 Å². The molecule has 1 saturated heterocycles. The van der Waals surface area contributed by atoms with Crippen LogP contribution in [0, 0.1) is 24.2 Å². The highest BCUT2D eigenvalue weighted by atomic mass is 19.4. The molecule has 2 atom stereocenters. The van der Waals surface area contributed by atoms with Crippen molar-refractivity contribution in [3.8, 4) is 12.3 Å². The molecule has 0 bridgehead atoms. The van der Waals surface area contributed by atoms with E-state index in [-0.39, 0.29) is 36.3 Å². The Morgan fingerprint density at radius 3 is 1.88 bits per heavy atom. The van der Waals surface area contributed by atoms with Crippen LogP contribution in [0.1, 0.15) is 67.7 Å². The Bertz CT molecular complexity index is 1310. The van der Waals surface area contributed by atoms with Gasteiger partial charge in [0.1, 0.15) is 0 Å². The van der Waals surface area contributed by atoms with Gasteiger partial charge in [-0.3, -0.25) is 9.59 Å². The maximum atomic E-state index is 13.9. The Morgan fingerprint density at radius 1 is 0.857 bits per heavy atom. The first-order chi connectivity index (χ1) is 19.5. The number of benzene rings is 2. The molecule has 0 N–H and O–H groups in total. The Morgan fingerprint density at radius 2 is 1.38 bits per heavy atom. The molecule has 1 saturated carbocycles. The Hall–Kier alpha value is -3.48. The van der Waals surface area contributed by atoms with E-state index in [4.69, 9.17) is 6.42 Å². The number of carbonyl (C=O) groups excluding carboxylic acids is 2. The van der Waals surface area contributed by atoms with Gasteiger partial charge in [0.15, 0.2) is 0 Å². The predicted octanol–water partition coefficient (Wildman–Crippen LogP) is 6.89. The van der Waals surface area contributed by atoms with E-state index in [1.807, 2.05) is 30.3 Å². The van der Waals surface area contributed by atoms with Crippen LogP contribution in [0.5, 0.6) is 0 Å². The molecule has 0 aromatic heterocycles. The van der Waals surface area contributed by atoms with Crippen molar-refractivity contribution < 1.29 is 35.9 Å². The lowest BCUT2D eigenvalue weighted by atomic mass is 9.80. The Kier molecular flexibility index (Phi) is 8.73. The van der Waals surface area contributed by atoms with Crippen molar-refractivity contribution in [2.75, 3.05) is 20.1 Å². The minimum absolute atomic E-state index is 0.0262. The molecule has 2 fully saturated rings. The van der Waals surface area contributed by atoms with Gasteiger partial charge >= 0.3 is 12.4 Å². The van der Waals surface area contributed by atoms with Crippen molar-refractivity contribution in [2.45, 2.75) is 69.3 Å². The number of amides is 2. The van der Waals surface area contributed by atoms with Crippen LogP contribution in [0.2, 0.25) is 0 Å². The number of likely N-dealkylation sites (N-methyl/N-ethyl adjacent to an activating group) is 1. The summed E-state index contributed by atoms with van der Waals surface area (Å²) in [4.78, 5) is 30.6. The molecule has 0 spiro atoms. The lowest BCUT2D eigenvalue weighted by Crippen LogP contribution is -2.49. The van der Waals surface area contributed by atoms with Crippen molar-refractivity contribution in [3.63, 3.8) is 0 Å². The molecule has 2 unspecified atom stereocenters. The van der Waals surface area contributed by atoms with Gasteiger partial charge in [-0.15, -0.1) is 12.3 Å². The molecule has 4 nitrogen and oxygen atoms in total. The molecular weight excluding hydrogens is 558 g/mol. The summed E-state index contributed by atoms with van der Waals surface area (Å²) in [6.07, 6.45) is -1.66. The van der Waals surface area contributed by atoms with Gasteiger partial charge in [0.25, 0.3) is 0 Å². The number of alkyl halides is 6. The van der Waals surface area contributed by atoms with Gasteiger partial charge in [-0.05, 0) is 68.9 Å². The number of rotatable bonds is 5. The molecule has 0 radical (unpaired) electrons. The first-order valence-corrected chi connectivity index (χ1v) is 13.9. The van der Waals surface area contributed by atoms with Gasteiger partial charge in [0.2, 0.25) is 11.8 Å². The van der Waals surface area contributed by atoms with Crippen molar-refractivity contribution in [1.29, 1.82) is 0 Å². The number of hydrogen-bond donors (Lipinski definition) is 0. The molecule has 2 aromatic carbocycles. The number of carbonyl (C=O) groups is 2. The Balaban J connectivity index is 1.65. The van der Waals surface area contributed by atoms with E-state index in [1.165, 1.54) is 25.8 Å². The fraction of sp³-hybridized carbons (Fsp3) is 0.500. The lowest BCUT2D eigenvalue weighted by molar-refractivity contribution is -0.144. The largest absolute Gasteiger partial charge is 0.416 e. The first-order valence-electron chi connectivity index (χ1n) is 13.9. The summed E-state index contributed by atoms with van der Waals surface area (Å²) in [5.41, 5.74) is -4.20. The van der Waals surface area contributed by atoms with Crippen molar-refractivity contribution in [1.82, 2.24) is 9.80 Å². The first kappa shape index (κ1) is 31.5. The zero-order valence-electron chi connectivity index (χ0n) is 23.7. The molecule has 10 heteroatoms. The second kappa shape index (κ2) is 11.7. The molecule has 2 aliphatic rings. The van der Waals surface area contributed by atoms with Crippen LogP contribution in [0.4, 0.5) is 26.3 Å². The summed E-state index contributed by atoms with van der Waals surface area (Å²) in [6.45, 7) is 3.17. The summed E-state index contributed by atoms with van der Waals surface area (Å²) in [5, 5.41) is 0. The number of nitrogens with zero attached hydrogens (tertiary/aromatic N) is 2. The minimum Gasteiger partial charge on any atom is -0.340 e. The van der Waals surface area contributed by atoms with Crippen LogP contribution in [0.3, 0.4) is 0 Å². The lowest BCUT2D eigenvalue weighted by Gasteiger charge is -2.36. The topological polar surface area (TPSA) is 40.6 Å². The van der Waals surface area contributed by atoms with E-state index in [0.717, 1.165) is 18.4 Å². The molecule has 42 heavy (non-hydrogen) atoms. The zero-order valence-corrected chi connectivity index (χ0v) is 23.7. The highest BCUT2D eigenvalue weighted by Crippen LogP contribution is 2.41. The number of terminal acetylenes is 1. The number of halogens is 6. The molecule has 1 heterocycles. The average Bonchev–Trinajstić information content (AvgIpc) is 3.41. The summed E-state index contributed by atoms with van der Waals surface area (Å²) >= 11 is 0. The quantitative estimate of drug-likeness (QED) is 0.280. The molecular formula is C32H34F6N2O2. The number of likely N-dealkylation sites (tertiary alicyclic amines) is 1. The summed E-state index contributed by atoms with van der Waals surface area (Å²) in [5.74, 6) is 1.74. The second-order valence-electron chi connectivity index (χ2n) is 11.9. The molecule has 2 amide bonds. The smallest absolute Gasteiger partial charge is 0.340 e. The van der Waals surface area contributed by atoms with Crippen molar-refractivity contribution in [2.24, 2.45) is 11.8 Å². The monoisotopic (exact) mass is 592 g/mol. The fourth-order valence-corrected chi connectivity index (χ4v) is 6.18. The molecule has 2 aromatic rings. The van der Waals surface area contributed by atoms with Gasteiger partial charge in [-0.2, -0.15) is 26.3 Å². The molecule has 4 rings (SSSR count). The molecule has 226 valence electrons. The second-order valence-corrected chi connectivity index (χ2v) is 11.9. The van der Waals surface area contributed by atoms with E-state index in [0.29, 0.717) is 31.5 Å². The van der Waals surface area contributed by atoms with Crippen LogP contribution < -0.4 is 0 Å². The third-order valence-electron chi connectivity index (χ3n) is 8.80. The van der Waals surface area contributed by atoms with E-state index in [9.17, 15) is 35.9 Å². The summed E-state index contributed by atoms with van der Waals surface area (Å²) < 4.78 is 81.4. The fourth-order valence-electron chi connectivity index (χ4n) is 6.18. The van der Waals surface area contributed by atoms with Crippen molar-refractivity contribution >= 4 is 11.8 Å². The van der Waals surface area contributed by atoms with Crippen LogP contribution in [-0.4, -0.2) is 47.8 Å². The van der Waals surface area contributed by atoms with Crippen LogP contribution in [0.15, 0.2) is 48.5 Å². The van der Waals surface area contributed by atoms with E-state index in [2.05, 4.69) is 5.92 Å². The van der Waals surface area contributed by atoms with Gasteiger partial charge in [-0.1, -0.05) is 30.3 Å². The maximum Gasteiger partial charge on any atom is 0.416 e. The highest BCUT2D eigenvalue weighted by Gasteiger charge is 2.46. The van der Waals surface area contributed by atoms with Crippen LogP contribution in [0.25, 0.3) is 0 Å². The predicted molar refractivity (Wildman–Crippen MR) is 146 cm³/mol. The van der Waals surface area contributed by atoms with Crippen LogP contribution >= 0.6 is 0 Å². The maximum absolute atomic E-state index is 13.9. The molecule has 1 aliphatic carbocycles. The highest BCUT2D eigenvalue weighted by molar-refractivity contribution is 5.88. The zero-order chi connectivity index (χ0) is 31.0.